The van der Waals surface area contributed by atoms with Crippen LogP contribution >= 0.6 is 11.6 Å². The van der Waals surface area contributed by atoms with E-state index in [-0.39, 0.29) is 12.1 Å². The molecular formula is C24H36ClN5. The van der Waals surface area contributed by atoms with Gasteiger partial charge < -0.3 is 16.0 Å². The number of rotatable bonds is 9. The summed E-state index contributed by atoms with van der Waals surface area (Å²) >= 11 is 6.46. The topological polar surface area (TPSA) is 42.6 Å². The average molecular weight is 430 g/mol. The van der Waals surface area contributed by atoms with E-state index in [1.807, 2.05) is 31.3 Å². The summed E-state index contributed by atoms with van der Waals surface area (Å²) in [6, 6.07) is 6.52. The Kier molecular flexibility index (Phi) is 8.97. The van der Waals surface area contributed by atoms with Gasteiger partial charge in [0.25, 0.3) is 0 Å². The lowest BCUT2D eigenvalue weighted by molar-refractivity contribution is 0.156. The fourth-order valence-corrected chi connectivity index (χ4v) is 4.56. The van der Waals surface area contributed by atoms with Crippen LogP contribution in [0, 0.1) is 0 Å². The first-order chi connectivity index (χ1) is 14.6. The Morgan fingerprint density at radius 3 is 2.47 bits per heavy atom. The molecule has 0 saturated carbocycles. The molecule has 0 spiro atoms. The largest absolute Gasteiger partial charge is 0.383 e. The number of piperazine rings is 2. The van der Waals surface area contributed by atoms with E-state index in [4.69, 9.17) is 11.6 Å². The minimum atomic E-state index is 0.0891. The molecule has 164 valence electrons. The highest BCUT2D eigenvalue weighted by Crippen LogP contribution is 2.33. The molecular weight excluding hydrogens is 394 g/mol. The Balaban J connectivity index is 1.94. The standard InChI is InChI=1S/C24H36ClN5/c1-4-8-28-23(5-2)24(30-15-11-27-12-16-30)21-7-6-20(25)17-22(21)19(3)18-29-13-9-26-10-14-29/h4-8,17,23-24,26-28H,2-3,9-16,18H2,1H3/b8-4-. The number of hydrogen-bond acceptors (Lipinski definition) is 5. The van der Waals surface area contributed by atoms with E-state index in [0.29, 0.717) is 0 Å². The molecule has 1 aromatic rings. The Morgan fingerprint density at radius 2 is 1.83 bits per heavy atom. The minimum Gasteiger partial charge on any atom is -0.383 e. The highest BCUT2D eigenvalue weighted by molar-refractivity contribution is 6.30. The van der Waals surface area contributed by atoms with Crippen LogP contribution < -0.4 is 16.0 Å². The second kappa shape index (κ2) is 11.7. The summed E-state index contributed by atoms with van der Waals surface area (Å²) in [5.74, 6) is 0. The molecule has 30 heavy (non-hydrogen) atoms. The molecule has 0 bridgehead atoms. The summed E-state index contributed by atoms with van der Waals surface area (Å²) in [5.41, 5.74) is 3.56. The molecule has 2 saturated heterocycles. The summed E-state index contributed by atoms with van der Waals surface area (Å²) in [5, 5.41) is 11.2. The Hall–Kier alpha value is -1.63. The van der Waals surface area contributed by atoms with Crippen molar-refractivity contribution in [1.82, 2.24) is 25.8 Å². The summed E-state index contributed by atoms with van der Waals surface area (Å²) in [4.78, 5) is 5.01. The molecule has 0 aromatic heterocycles. The van der Waals surface area contributed by atoms with Gasteiger partial charge in [-0.1, -0.05) is 36.4 Å². The van der Waals surface area contributed by atoms with Gasteiger partial charge in [0.15, 0.2) is 0 Å². The molecule has 2 fully saturated rings. The van der Waals surface area contributed by atoms with Crippen LogP contribution in [0.2, 0.25) is 5.02 Å². The summed E-state index contributed by atoms with van der Waals surface area (Å²) in [6.07, 6.45) is 6.05. The van der Waals surface area contributed by atoms with Crippen LogP contribution in [0.25, 0.3) is 5.57 Å². The maximum Gasteiger partial charge on any atom is 0.0633 e. The van der Waals surface area contributed by atoms with Gasteiger partial charge in [0.05, 0.1) is 12.1 Å². The first-order valence-electron chi connectivity index (χ1n) is 11.0. The van der Waals surface area contributed by atoms with Crippen molar-refractivity contribution in [2.75, 3.05) is 58.9 Å². The third-order valence-corrected chi connectivity index (χ3v) is 6.17. The molecule has 1 aromatic carbocycles. The van der Waals surface area contributed by atoms with Crippen LogP contribution in [0.5, 0.6) is 0 Å². The summed E-state index contributed by atoms with van der Waals surface area (Å²) in [6.45, 7) is 19.7. The molecule has 2 unspecified atom stereocenters. The fourth-order valence-electron chi connectivity index (χ4n) is 4.39. The van der Waals surface area contributed by atoms with Crippen molar-refractivity contribution in [3.63, 3.8) is 0 Å². The first kappa shape index (κ1) is 23.0. The van der Waals surface area contributed by atoms with Crippen LogP contribution in [0.3, 0.4) is 0 Å². The molecule has 0 radical (unpaired) electrons. The molecule has 3 N–H and O–H groups in total. The van der Waals surface area contributed by atoms with Crippen LogP contribution in [0.4, 0.5) is 0 Å². The maximum absolute atomic E-state index is 6.46. The van der Waals surface area contributed by atoms with Crippen molar-refractivity contribution in [3.05, 3.63) is 65.9 Å². The lowest BCUT2D eigenvalue weighted by Crippen LogP contribution is -2.50. The van der Waals surface area contributed by atoms with E-state index >= 15 is 0 Å². The molecule has 3 rings (SSSR count). The number of allylic oxidation sites excluding steroid dienone is 1. The Morgan fingerprint density at radius 1 is 1.17 bits per heavy atom. The van der Waals surface area contributed by atoms with Crippen molar-refractivity contribution >= 4 is 17.2 Å². The number of benzene rings is 1. The van der Waals surface area contributed by atoms with Gasteiger partial charge in [0.1, 0.15) is 0 Å². The normalized spacial score (nSPS) is 20.7. The van der Waals surface area contributed by atoms with E-state index < -0.39 is 0 Å². The molecule has 5 nitrogen and oxygen atoms in total. The third-order valence-electron chi connectivity index (χ3n) is 5.93. The quantitative estimate of drug-likeness (QED) is 0.527. The van der Waals surface area contributed by atoms with E-state index in [0.717, 1.165) is 69.5 Å². The van der Waals surface area contributed by atoms with Crippen molar-refractivity contribution in [3.8, 4) is 0 Å². The SMILES string of the molecule is C=CC(N/C=C\C)C(c1ccc(Cl)cc1C(=C)CN1CCNCC1)N1CCNCC1. The predicted molar refractivity (Wildman–Crippen MR) is 129 cm³/mol. The Bertz CT molecular complexity index is 735. The molecule has 2 aliphatic heterocycles. The number of nitrogens with one attached hydrogen (secondary N) is 3. The van der Waals surface area contributed by atoms with Crippen LogP contribution in [-0.2, 0) is 0 Å². The maximum atomic E-state index is 6.46. The van der Waals surface area contributed by atoms with Gasteiger partial charge in [-0.25, -0.2) is 0 Å². The van der Waals surface area contributed by atoms with Gasteiger partial charge >= 0.3 is 0 Å². The zero-order valence-corrected chi connectivity index (χ0v) is 18.9. The lowest BCUT2D eigenvalue weighted by Gasteiger charge is -2.40. The Labute approximate surface area is 186 Å². The first-order valence-corrected chi connectivity index (χ1v) is 11.4. The number of halogens is 1. The van der Waals surface area contributed by atoms with Crippen molar-refractivity contribution < 1.29 is 0 Å². The van der Waals surface area contributed by atoms with Gasteiger partial charge in [0, 0.05) is 63.9 Å². The molecule has 0 aliphatic carbocycles. The number of nitrogens with zero attached hydrogens (tertiary/aromatic N) is 2. The van der Waals surface area contributed by atoms with Gasteiger partial charge in [-0.3, -0.25) is 9.80 Å². The lowest BCUT2D eigenvalue weighted by atomic mass is 9.89. The van der Waals surface area contributed by atoms with Gasteiger partial charge in [0.2, 0.25) is 0 Å². The van der Waals surface area contributed by atoms with E-state index in [2.05, 4.69) is 51.0 Å². The molecule has 2 heterocycles. The molecule has 2 aliphatic rings. The summed E-state index contributed by atoms with van der Waals surface area (Å²) < 4.78 is 0. The van der Waals surface area contributed by atoms with Crippen LogP contribution in [0.15, 0.2) is 49.7 Å². The van der Waals surface area contributed by atoms with Crippen LogP contribution in [0.1, 0.15) is 24.1 Å². The second-order valence-electron chi connectivity index (χ2n) is 8.02. The van der Waals surface area contributed by atoms with Crippen molar-refractivity contribution in [1.29, 1.82) is 0 Å². The van der Waals surface area contributed by atoms with E-state index in [1.54, 1.807) is 0 Å². The minimum absolute atomic E-state index is 0.0891. The third kappa shape index (κ3) is 5.96. The number of hydrogen-bond donors (Lipinski definition) is 3. The van der Waals surface area contributed by atoms with E-state index in [1.165, 1.54) is 11.1 Å². The fraction of sp³-hybridized carbons (Fsp3) is 0.500. The van der Waals surface area contributed by atoms with Gasteiger partial charge in [-0.05, 0) is 42.0 Å². The van der Waals surface area contributed by atoms with Gasteiger partial charge in [-0.15, -0.1) is 6.58 Å². The second-order valence-corrected chi connectivity index (χ2v) is 8.46. The highest BCUT2D eigenvalue weighted by atomic mass is 35.5. The van der Waals surface area contributed by atoms with Crippen molar-refractivity contribution in [2.24, 2.45) is 0 Å². The molecule has 6 heteroatoms. The van der Waals surface area contributed by atoms with E-state index in [9.17, 15) is 0 Å². The molecule has 0 amide bonds. The zero-order chi connectivity index (χ0) is 21.3. The van der Waals surface area contributed by atoms with Gasteiger partial charge in [-0.2, -0.15) is 0 Å². The predicted octanol–water partition coefficient (Wildman–Crippen LogP) is 2.88. The monoisotopic (exact) mass is 429 g/mol. The summed E-state index contributed by atoms with van der Waals surface area (Å²) in [7, 11) is 0. The van der Waals surface area contributed by atoms with Crippen molar-refractivity contribution in [2.45, 2.75) is 19.0 Å². The average Bonchev–Trinajstić information content (AvgIpc) is 2.78. The zero-order valence-electron chi connectivity index (χ0n) is 18.2. The molecule has 2 atom stereocenters. The van der Waals surface area contributed by atoms with Crippen LogP contribution in [-0.4, -0.2) is 74.7 Å². The smallest absolute Gasteiger partial charge is 0.0633 e. The highest BCUT2D eigenvalue weighted by Gasteiger charge is 2.30.